The van der Waals surface area contributed by atoms with Crippen LogP contribution >= 0.6 is 0 Å². The number of nitrogens with zero attached hydrogens (tertiary/aromatic N) is 2. The Morgan fingerprint density at radius 1 is 1.45 bits per heavy atom. The Morgan fingerprint density at radius 2 is 1.91 bits per heavy atom. The molecule has 0 fully saturated rings. The molecule has 0 aromatic rings. The fraction of sp³-hybridized carbons (Fsp3) is 0.875. The molecule has 0 rings (SSSR count). The van der Waals surface area contributed by atoms with E-state index in [9.17, 15) is 0 Å². The molecule has 66 valence electrons. The van der Waals surface area contributed by atoms with Crippen LogP contribution in [0.1, 0.15) is 27.2 Å². The molecular formula is C8H19N3. The average Bonchev–Trinajstić information content (AvgIpc) is 1.87. The molecule has 0 bridgehead atoms. The van der Waals surface area contributed by atoms with Crippen molar-refractivity contribution in [1.29, 1.82) is 0 Å². The Labute approximate surface area is 69.3 Å². The zero-order chi connectivity index (χ0) is 9.07. The van der Waals surface area contributed by atoms with Gasteiger partial charge in [0.1, 0.15) is 0 Å². The highest BCUT2D eigenvalue weighted by atomic mass is 15.2. The maximum Gasteiger partial charge on any atom is 0.191 e. The van der Waals surface area contributed by atoms with E-state index < -0.39 is 0 Å². The van der Waals surface area contributed by atoms with Gasteiger partial charge in [-0.05, 0) is 20.3 Å². The highest BCUT2D eigenvalue weighted by Crippen LogP contribution is 2.12. The minimum absolute atomic E-state index is 0.0334. The quantitative estimate of drug-likeness (QED) is 0.481. The first-order valence-electron chi connectivity index (χ1n) is 3.91. The molecule has 0 atom stereocenters. The van der Waals surface area contributed by atoms with Crippen molar-refractivity contribution in [1.82, 2.24) is 4.90 Å². The third-order valence-electron chi connectivity index (χ3n) is 1.74. The molecule has 0 unspecified atom stereocenters. The van der Waals surface area contributed by atoms with Crippen molar-refractivity contribution in [2.24, 2.45) is 10.7 Å². The molecule has 11 heavy (non-hydrogen) atoms. The summed E-state index contributed by atoms with van der Waals surface area (Å²) in [5, 5.41) is 0. The highest BCUT2D eigenvalue weighted by Gasteiger charge is 2.13. The molecule has 2 N–H and O–H groups in total. The number of guanidine groups is 1. The van der Waals surface area contributed by atoms with Crippen molar-refractivity contribution in [2.75, 3.05) is 14.1 Å². The number of hydrogen-bond acceptors (Lipinski definition) is 1. The number of nitrogens with two attached hydrogens (primary N) is 1. The summed E-state index contributed by atoms with van der Waals surface area (Å²) in [4.78, 5) is 6.16. The smallest absolute Gasteiger partial charge is 0.191 e. The Morgan fingerprint density at radius 3 is 2.18 bits per heavy atom. The first kappa shape index (κ1) is 10.3. The number of hydrogen-bond donors (Lipinski definition) is 1. The van der Waals surface area contributed by atoms with Crippen LogP contribution in [-0.2, 0) is 0 Å². The van der Waals surface area contributed by atoms with Gasteiger partial charge < -0.3 is 10.6 Å². The standard InChI is InChI=1S/C8H19N3/c1-6-8(2,3)10-7(9)11(4)5/h6H2,1-5H3,(H2,9,10). The van der Waals surface area contributed by atoms with E-state index in [1.165, 1.54) is 0 Å². The Bertz CT molecular complexity index is 147. The molecule has 3 heteroatoms. The summed E-state index contributed by atoms with van der Waals surface area (Å²) >= 11 is 0. The normalized spacial score (nSPS) is 13.4. The van der Waals surface area contributed by atoms with Crippen LogP contribution in [0.2, 0.25) is 0 Å². The van der Waals surface area contributed by atoms with E-state index >= 15 is 0 Å². The molecule has 0 amide bonds. The molecule has 0 aromatic carbocycles. The monoisotopic (exact) mass is 157 g/mol. The Kier molecular flexibility index (Phi) is 3.36. The largest absolute Gasteiger partial charge is 0.370 e. The van der Waals surface area contributed by atoms with E-state index in [4.69, 9.17) is 5.73 Å². The van der Waals surface area contributed by atoms with E-state index in [1.54, 1.807) is 0 Å². The predicted octanol–water partition coefficient (Wildman–Crippen LogP) is 1.05. The van der Waals surface area contributed by atoms with Gasteiger partial charge in [-0.3, -0.25) is 0 Å². The number of rotatable bonds is 2. The van der Waals surface area contributed by atoms with Gasteiger partial charge in [0.2, 0.25) is 0 Å². The first-order valence-corrected chi connectivity index (χ1v) is 3.91. The van der Waals surface area contributed by atoms with Crippen molar-refractivity contribution in [3.8, 4) is 0 Å². The zero-order valence-corrected chi connectivity index (χ0v) is 8.18. The van der Waals surface area contributed by atoms with E-state index in [0.717, 1.165) is 6.42 Å². The second kappa shape index (κ2) is 3.60. The van der Waals surface area contributed by atoms with Crippen LogP contribution in [0.25, 0.3) is 0 Å². The second-order valence-electron chi connectivity index (χ2n) is 3.53. The Balaban J connectivity index is 4.29. The molecule has 0 aromatic heterocycles. The molecule has 0 aliphatic rings. The van der Waals surface area contributed by atoms with Gasteiger partial charge in [-0.25, -0.2) is 4.99 Å². The van der Waals surface area contributed by atoms with E-state index in [1.807, 2.05) is 19.0 Å². The van der Waals surface area contributed by atoms with Gasteiger partial charge in [-0.15, -0.1) is 0 Å². The molecule has 0 aliphatic heterocycles. The minimum atomic E-state index is -0.0334. The summed E-state index contributed by atoms with van der Waals surface area (Å²) in [6.45, 7) is 6.25. The molecule has 3 nitrogen and oxygen atoms in total. The van der Waals surface area contributed by atoms with Crippen molar-refractivity contribution < 1.29 is 0 Å². The van der Waals surface area contributed by atoms with E-state index in [2.05, 4.69) is 25.8 Å². The van der Waals surface area contributed by atoms with Crippen LogP contribution in [0.3, 0.4) is 0 Å². The summed E-state index contributed by atoms with van der Waals surface area (Å²) in [6, 6.07) is 0. The minimum Gasteiger partial charge on any atom is -0.370 e. The molecule has 0 aliphatic carbocycles. The van der Waals surface area contributed by atoms with Gasteiger partial charge in [0, 0.05) is 14.1 Å². The second-order valence-corrected chi connectivity index (χ2v) is 3.53. The van der Waals surface area contributed by atoms with Gasteiger partial charge in [-0.1, -0.05) is 6.92 Å². The topological polar surface area (TPSA) is 41.6 Å². The van der Waals surface area contributed by atoms with Gasteiger partial charge in [0.15, 0.2) is 5.96 Å². The lowest BCUT2D eigenvalue weighted by molar-refractivity contribution is 0.486. The van der Waals surface area contributed by atoms with Crippen LogP contribution in [0.5, 0.6) is 0 Å². The summed E-state index contributed by atoms with van der Waals surface area (Å²) in [7, 11) is 3.79. The van der Waals surface area contributed by atoms with Gasteiger partial charge in [-0.2, -0.15) is 0 Å². The first-order chi connectivity index (χ1) is 4.89. The molecule has 0 saturated heterocycles. The fourth-order valence-corrected chi connectivity index (χ4v) is 0.489. The maximum absolute atomic E-state index is 5.65. The fourth-order valence-electron chi connectivity index (χ4n) is 0.489. The molecule has 0 heterocycles. The third-order valence-corrected chi connectivity index (χ3v) is 1.74. The SMILES string of the molecule is CCC(C)(C)N=C(N)N(C)C. The van der Waals surface area contributed by atoms with Crippen molar-refractivity contribution in [2.45, 2.75) is 32.7 Å². The summed E-state index contributed by atoms with van der Waals surface area (Å²) in [5.41, 5.74) is 5.62. The molecular weight excluding hydrogens is 138 g/mol. The Hall–Kier alpha value is -0.730. The zero-order valence-electron chi connectivity index (χ0n) is 8.18. The van der Waals surface area contributed by atoms with Crippen LogP contribution in [0.4, 0.5) is 0 Å². The van der Waals surface area contributed by atoms with Crippen LogP contribution < -0.4 is 5.73 Å². The van der Waals surface area contributed by atoms with Gasteiger partial charge in [0.05, 0.1) is 5.54 Å². The van der Waals surface area contributed by atoms with Crippen LogP contribution in [0.15, 0.2) is 4.99 Å². The maximum atomic E-state index is 5.65. The summed E-state index contributed by atoms with van der Waals surface area (Å²) in [6.07, 6.45) is 1.00. The lowest BCUT2D eigenvalue weighted by Crippen LogP contribution is -2.34. The third kappa shape index (κ3) is 3.86. The van der Waals surface area contributed by atoms with Crippen molar-refractivity contribution in [3.05, 3.63) is 0 Å². The van der Waals surface area contributed by atoms with E-state index in [0.29, 0.717) is 5.96 Å². The summed E-state index contributed by atoms with van der Waals surface area (Å²) in [5.74, 6) is 0.594. The van der Waals surface area contributed by atoms with Crippen LogP contribution in [0, 0.1) is 0 Å². The molecule has 0 saturated carbocycles. The van der Waals surface area contributed by atoms with Crippen molar-refractivity contribution in [3.63, 3.8) is 0 Å². The molecule has 0 spiro atoms. The van der Waals surface area contributed by atoms with Crippen molar-refractivity contribution >= 4 is 5.96 Å². The summed E-state index contributed by atoms with van der Waals surface area (Å²) < 4.78 is 0. The average molecular weight is 157 g/mol. The predicted molar refractivity (Wildman–Crippen MR) is 49.7 cm³/mol. The highest BCUT2D eigenvalue weighted by molar-refractivity contribution is 5.77. The number of aliphatic imine (C=N–C) groups is 1. The lowest BCUT2D eigenvalue weighted by Gasteiger charge is -2.20. The van der Waals surface area contributed by atoms with Gasteiger partial charge >= 0.3 is 0 Å². The van der Waals surface area contributed by atoms with Gasteiger partial charge in [0.25, 0.3) is 0 Å². The van der Waals surface area contributed by atoms with Crippen LogP contribution in [-0.4, -0.2) is 30.5 Å². The molecule has 0 radical (unpaired) electrons. The van der Waals surface area contributed by atoms with E-state index in [-0.39, 0.29) is 5.54 Å². The lowest BCUT2D eigenvalue weighted by atomic mass is 10.0.